The highest BCUT2D eigenvalue weighted by molar-refractivity contribution is 5.99. The summed E-state index contributed by atoms with van der Waals surface area (Å²) in [4.78, 5) is 27.8. The molecule has 5 aromatic rings. The molecule has 6 rings (SSSR count). The maximum absolute atomic E-state index is 12.9. The number of aromatic nitrogens is 5. The van der Waals surface area contributed by atoms with E-state index in [0.717, 1.165) is 23.1 Å². The third-order valence-corrected chi connectivity index (χ3v) is 9.30. The number of oxazole rings is 1. The van der Waals surface area contributed by atoms with Crippen molar-refractivity contribution in [1.82, 2.24) is 29.6 Å². The van der Waals surface area contributed by atoms with Crippen molar-refractivity contribution in [2.45, 2.75) is 19.5 Å². The van der Waals surface area contributed by atoms with Gasteiger partial charge in [-0.25, -0.2) is 14.6 Å². The summed E-state index contributed by atoms with van der Waals surface area (Å²) in [6, 6.07) is 11.9. The van der Waals surface area contributed by atoms with Gasteiger partial charge in [0.25, 0.3) is 6.01 Å². The molecule has 3 aromatic heterocycles. The number of rotatable bonds is 28. The molecule has 0 saturated heterocycles. The Morgan fingerprint density at radius 1 is 0.712 bits per heavy atom. The van der Waals surface area contributed by atoms with Crippen molar-refractivity contribution in [3.63, 3.8) is 0 Å². The Kier molecular flexibility index (Phi) is 17.6. The first-order valence-corrected chi connectivity index (χ1v) is 19.8. The van der Waals surface area contributed by atoms with Gasteiger partial charge in [0.05, 0.1) is 111 Å². The van der Waals surface area contributed by atoms with Crippen molar-refractivity contribution < 1.29 is 47.1 Å². The summed E-state index contributed by atoms with van der Waals surface area (Å²) >= 11 is 0. The lowest BCUT2D eigenvalue weighted by Gasteiger charge is -2.29. The predicted molar refractivity (Wildman–Crippen MR) is 217 cm³/mol. The van der Waals surface area contributed by atoms with E-state index in [-0.39, 0.29) is 18.5 Å². The second-order valence-corrected chi connectivity index (χ2v) is 13.5. The molecule has 0 radical (unpaired) electrons. The van der Waals surface area contributed by atoms with E-state index in [9.17, 15) is 4.79 Å². The first kappa shape index (κ1) is 43.7. The summed E-state index contributed by atoms with van der Waals surface area (Å²) in [6.45, 7) is 9.19. The molecule has 59 heavy (non-hydrogen) atoms. The highest BCUT2D eigenvalue weighted by Gasteiger charge is 2.22. The molecule has 0 bridgehead atoms. The van der Waals surface area contributed by atoms with Crippen LogP contribution in [0, 0.1) is 0 Å². The van der Waals surface area contributed by atoms with Crippen LogP contribution in [0.25, 0.3) is 33.4 Å². The van der Waals surface area contributed by atoms with E-state index in [1.807, 2.05) is 21.7 Å². The van der Waals surface area contributed by atoms with Crippen molar-refractivity contribution in [3.05, 3.63) is 59.4 Å². The number of hydrogen-bond acceptors (Lipinski definition) is 17. The number of carbonyl (C=O) groups excluding carboxylic acids is 1. The van der Waals surface area contributed by atoms with Crippen molar-refractivity contribution in [3.8, 4) is 11.3 Å². The van der Waals surface area contributed by atoms with E-state index < -0.39 is 0 Å². The molecular formula is C40H55N9O10. The molecule has 0 aliphatic carbocycles. The van der Waals surface area contributed by atoms with Gasteiger partial charge in [0.2, 0.25) is 5.91 Å². The third-order valence-electron chi connectivity index (χ3n) is 9.30. The largest absolute Gasteiger partial charge is 0.424 e. The second kappa shape index (κ2) is 23.7. The molecule has 1 aliphatic heterocycles. The molecule has 2 aromatic carbocycles. The smallest absolute Gasteiger partial charge is 0.292 e. The zero-order chi connectivity index (χ0) is 41.1. The number of ether oxygens (including phenoxy) is 8. The topological polar surface area (TPSA) is 242 Å². The number of carbonyl (C=O) groups is 1. The van der Waals surface area contributed by atoms with Crippen LogP contribution in [0.4, 0.5) is 11.8 Å². The molecule has 6 N–H and O–H groups in total. The number of nitrogens with two attached hydrogens (primary N) is 3. The summed E-state index contributed by atoms with van der Waals surface area (Å²) in [5.41, 5.74) is 24.1. The van der Waals surface area contributed by atoms with Gasteiger partial charge in [-0.2, -0.15) is 10.1 Å². The fourth-order valence-corrected chi connectivity index (χ4v) is 6.40. The Balaban J connectivity index is 0.802. The number of nitrogen functional groups attached to an aromatic ring is 2. The summed E-state index contributed by atoms with van der Waals surface area (Å²) in [5.74, 6) is 0.284. The highest BCUT2D eigenvalue weighted by Crippen LogP contribution is 2.33. The third kappa shape index (κ3) is 13.3. The van der Waals surface area contributed by atoms with Crippen LogP contribution in [0.3, 0.4) is 0 Å². The van der Waals surface area contributed by atoms with Gasteiger partial charge in [-0.05, 0) is 41.3 Å². The van der Waals surface area contributed by atoms with Gasteiger partial charge in [0.1, 0.15) is 30.0 Å². The highest BCUT2D eigenvalue weighted by atomic mass is 16.6. The second-order valence-electron chi connectivity index (χ2n) is 13.5. The first-order chi connectivity index (χ1) is 29.0. The minimum absolute atomic E-state index is 0.000547. The molecule has 4 heterocycles. The summed E-state index contributed by atoms with van der Waals surface area (Å²) in [5, 5.41) is 5.58. The van der Waals surface area contributed by atoms with Crippen LogP contribution >= 0.6 is 0 Å². The quantitative estimate of drug-likeness (QED) is 0.0610. The van der Waals surface area contributed by atoms with Crippen molar-refractivity contribution in [2.75, 3.05) is 130 Å². The molecule has 0 spiro atoms. The zero-order valence-corrected chi connectivity index (χ0v) is 33.4. The van der Waals surface area contributed by atoms with Gasteiger partial charge in [0.15, 0.2) is 11.2 Å². The van der Waals surface area contributed by atoms with Crippen LogP contribution in [0.15, 0.2) is 47.1 Å². The van der Waals surface area contributed by atoms with E-state index in [1.165, 1.54) is 11.9 Å². The minimum Gasteiger partial charge on any atom is -0.424 e. The number of amides is 1. The summed E-state index contributed by atoms with van der Waals surface area (Å²) in [7, 11) is 0. The number of benzene rings is 2. The summed E-state index contributed by atoms with van der Waals surface area (Å²) < 4.78 is 51.0. The molecule has 19 heteroatoms. The Morgan fingerprint density at radius 3 is 1.95 bits per heavy atom. The van der Waals surface area contributed by atoms with Crippen molar-refractivity contribution in [1.29, 1.82) is 0 Å². The maximum atomic E-state index is 12.9. The molecule has 320 valence electrons. The maximum Gasteiger partial charge on any atom is 0.292 e. The van der Waals surface area contributed by atoms with E-state index in [4.69, 9.17) is 64.6 Å². The van der Waals surface area contributed by atoms with Crippen LogP contribution in [0.2, 0.25) is 0 Å². The number of hydrogen-bond donors (Lipinski definition) is 3. The van der Waals surface area contributed by atoms with E-state index in [0.29, 0.717) is 159 Å². The predicted octanol–water partition coefficient (Wildman–Crippen LogP) is 1.82. The van der Waals surface area contributed by atoms with Gasteiger partial charge in [0, 0.05) is 25.2 Å². The van der Waals surface area contributed by atoms with Gasteiger partial charge >= 0.3 is 0 Å². The van der Waals surface area contributed by atoms with E-state index in [2.05, 4.69) is 33.2 Å². The molecular weight excluding hydrogens is 766 g/mol. The molecule has 1 aliphatic rings. The first-order valence-electron chi connectivity index (χ1n) is 19.8. The fraction of sp³-hybridized carbons (Fsp3) is 0.525. The summed E-state index contributed by atoms with van der Waals surface area (Å²) in [6.07, 6.45) is 2.17. The normalized spacial score (nSPS) is 12.9. The van der Waals surface area contributed by atoms with E-state index >= 15 is 0 Å². The van der Waals surface area contributed by atoms with Crippen LogP contribution in [-0.2, 0) is 62.2 Å². The van der Waals surface area contributed by atoms with Gasteiger partial charge in [-0.1, -0.05) is 18.2 Å². The van der Waals surface area contributed by atoms with Gasteiger partial charge in [-0.15, -0.1) is 0 Å². The number of nitrogens with zero attached hydrogens (tertiary/aromatic N) is 6. The average Bonchev–Trinajstić information content (AvgIpc) is 3.81. The average molecular weight is 822 g/mol. The molecule has 19 nitrogen and oxygen atoms in total. The van der Waals surface area contributed by atoms with Crippen molar-refractivity contribution >= 4 is 39.9 Å². The number of fused-ring (bicyclic) bond motifs is 3. The van der Waals surface area contributed by atoms with Crippen molar-refractivity contribution in [2.24, 2.45) is 5.73 Å². The Bertz CT molecular complexity index is 2040. The lowest BCUT2D eigenvalue weighted by molar-refractivity contribution is -0.137. The van der Waals surface area contributed by atoms with Gasteiger partial charge < -0.3 is 64.4 Å². The van der Waals surface area contributed by atoms with Crippen LogP contribution in [0.5, 0.6) is 0 Å². The standard InChI is InChI=1S/C40H55N9O10/c41-6-8-51-9-10-52-11-12-53-13-14-54-15-16-55-17-18-56-19-20-57-21-22-58-27-35(50)48-7-5-30-23-29(1-2-32(30)26-48)25-49-39-36(38(42)44-28-45-39)37(47-49)31-3-4-34-33(24-31)46-40(43)59-34/h1-4,23-24,28H,5-22,25-27,41H2,(H2,43,46)(H2,42,44,45). The van der Waals surface area contributed by atoms with Gasteiger partial charge in [-0.3, -0.25) is 4.79 Å². The molecule has 0 unspecified atom stereocenters. The van der Waals surface area contributed by atoms with E-state index in [1.54, 1.807) is 6.07 Å². The van der Waals surface area contributed by atoms with Crippen LogP contribution < -0.4 is 17.2 Å². The van der Waals surface area contributed by atoms with Crippen LogP contribution in [0.1, 0.15) is 16.7 Å². The lowest BCUT2D eigenvalue weighted by atomic mass is 9.97. The molecule has 0 atom stereocenters. The molecule has 0 saturated carbocycles. The molecule has 0 fully saturated rings. The SMILES string of the molecule is NCCOCCOCCOCCOCCOCCOCCOCCOCC(=O)N1CCc2cc(Cn3nc(-c4ccc5oc(N)nc5c4)c4c(N)ncnc43)ccc2C1. The Hall–Kier alpha value is -4.83. The Labute approximate surface area is 342 Å². The lowest BCUT2D eigenvalue weighted by Crippen LogP contribution is -2.38. The van der Waals surface area contributed by atoms with Crippen LogP contribution in [-0.4, -0.2) is 154 Å². The monoisotopic (exact) mass is 821 g/mol. The molecule has 1 amide bonds. The Morgan fingerprint density at radius 2 is 1.32 bits per heavy atom. The number of anilines is 2. The fourth-order valence-electron chi connectivity index (χ4n) is 6.40. The zero-order valence-electron chi connectivity index (χ0n) is 33.4. The minimum atomic E-state index is -0.0525.